The average molecular weight is 404 g/mol. The third-order valence-corrected chi connectivity index (χ3v) is 8.27. The molecule has 0 bridgehead atoms. The van der Waals surface area contributed by atoms with Crippen LogP contribution in [0.4, 0.5) is 4.39 Å². The Morgan fingerprint density at radius 1 is 0.741 bits per heavy atom. The molecule has 0 aromatic heterocycles. The van der Waals surface area contributed by atoms with Gasteiger partial charge in [-0.3, -0.25) is 0 Å². The van der Waals surface area contributed by atoms with Crippen molar-refractivity contribution in [2.75, 3.05) is 0 Å². The fourth-order valence-electron chi connectivity index (χ4n) is 2.50. The molecule has 0 aliphatic rings. The molecule has 3 aromatic rings. The van der Waals surface area contributed by atoms with Crippen molar-refractivity contribution < 1.29 is 17.0 Å². The van der Waals surface area contributed by atoms with E-state index in [-0.39, 0.29) is 15.4 Å². The van der Waals surface area contributed by atoms with E-state index in [1.54, 1.807) is 36.4 Å². The lowest BCUT2D eigenvalue weighted by atomic mass is 10.2. The van der Waals surface area contributed by atoms with E-state index < -0.39 is 25.3 Å². The van der Waals surface area contributed by atoms with Gasteiger partial charge >= 0.3 is 0 Å². The summed E-state index contributed by atoms with van der Waals surface area (Å²) in [6, 6.07) is 21.4. The summed E-state index contributed by atoms with van der Waals surface area (Å²) in [4.78, 5) is -0.109. The Bertz CT molecular complexity index is 1140. The molecule has 140 valence electrons. The molecule has 27 heavy (non-hydrogen) atoms. The summed E-state index contributed by atoms with van der Waals surface area (Å²) in [6.07, 6.45) is 0. The first-order valence-corrected chi connectivity index (χ1v) is 11.2. The Morgan fingerprint density at radius 3 is 1.74 bits per heavy atom. The van der Waals surface area contributed by atoms with Gasteiger partial charge in [-0.05, 0) is 31.2 Å². The minimum absolute atomic E-state index is 0.0255. The van der Waals surface area contributed by atoms with Crippen LogP contribution in [0.5, 0.6) is 0 Å². The first-order chi connectivity index (χ1) is 12.8. The summed E-state index contributed by atoms with van der Waals surface area (Å²) < 4.78 is 58.1. The first kappa shape index (κ1) is 19.3. The van der Waals surface area contributed by atoms with Crippen molar-refractivity contribution in [2.45, 2.75) is 22.2 Å². The number of nitrogens with zero attached hydrogens (tertiary/aromatic N) is 1. The van der Waals surface area contributed by atoms with Gasteiger partial charge in [-0.2, -0.15) is 8.42 Å². The molecule has 0 spiro atoms. The van der Waals surface area contributed by atoms with Crippen LogP contribution >= 0.6 is 0 Å². The Morgan fingerprint density at radius 2 is 1.22 bits per heavy atom. The fraction of sp³-hybridized carbons (Fsp3) is 0.100. The lowest BCUT2D eigenvalue weighted by Crippen LogP contribution is -2.13. The molecule has 0 N–H and O–H groups in total. The van der Waals surface area contributed by atoms with Crippen LogP contribution in [-0.2, 0) is 19.8 Å². The van der Waals surface area contributed by atoms with Crippen LogP contribution in [0.15, 0.2) is 98.5 Å². The fourth-order valence-corrected chi connectivity index (χ4v) is 6.47. The van der Waals surface area contributed by atoms with Crippen molar-refractivity contribution in [3.05, 3.63) is 96.1 Å². The number of hydrogen-bond donors (Lipinski definition) is 0. The predicted molar refractivity (Wildman–Crippen MR) is 104 cm³/mol. The molecule has 0 aliphatic carbocycles. The standard InChI is InChI=1S/C20H18FNO3S2/c1-16-12-14-17(15-13-16)20(21)26(23,18-8-4-2-5-9-18)22-27(24,25)19-10-6-3-7-11-19/h2-15,20H,1H3/t20-,26+/m1/s1. The highest BCUT2D eigenvalue weighted by atomic mass is 32.3. The molecule has 0 amide bonds. The zero-order chi connectivity index (χ0) is 19.5. The zero-order valence-corrected chi connectivity index (χ0v) is 16.2. The van der Waals surface area contributed by atoms with Gasteiger partial charge in [-0.1, -0.05) is 70.0 Å². The van der Waals surface area contributed by atoms with E-state index in [2.05, 4.69) is 3.77 Å². The van der Waals surface area contributed by atoms with Crippen molar-refractivity contribution >= 4 is 19.8 Å². The van der Waals surface area contributed by atoms with Crippen LogP contribution in [0.2, 0.25) is 0 Å². The first-order valence-electron chi connectivity index (χ1n) is 8.16. The molecule has 2 atom stereocenters. The summed E-state index contributed by atoms with van der Waals surface area (Å²) >= 11 is 0. The molecule has 0 fully saturated rings. The minimum atomic E-state index is -4.32. The van der Waals surface area contributed by atoms with Crippen molar-refractivity contribution in [1.29, 1.82) is 0 Å². The number of rotatable bonds is 5. The molecule has 0 saturated heterocycles. The molecular weight excluding hydrogens is 385 g/mol. The summed E-state index contributed by atoms with van der Waals surface area (Å²) in [5.74, 6) is 0. The summed E-state index contributed by atoms with van der Waals surface area (Å²) in [6.45, 7) is 1.84. The summed E-state index contributed by atoms with van der Waals surface area (Å²) in [5.41, 5.74) is -1.08. The van der Waals surface area contributed by atoms with Crippen molar-refractivity contribution in [1.82, 2.24) is 0 Å². The van der Waals surface area contributed by atoms with Crippen LogP contribution in [0, 0.1) is 6.92 Å². The molecule has 3 rings (SSSR count). The number of aryl methyl sites for hydroxylation is 1. The van der Waals surface area contributed by atoms with Gasteiger partial charge in [0, 0.05) is 5.56 Å². The van der Waals surface area contributed by atoms with Crippen LogP contribution in [0.3, 0.4) is 0 Å². The van der Waals surface area contributed by atoms with Crippen LogP contribution in [0.25, 0.3) is 0 Å². The summed E-state index contributed by atoms with van der Waals surface area (Å²) in [5, 5.41) is 0. The zero-order valence-electron chi connectivity index (χ0n) is 14.5. The van der Waals surface area contributed by atoms with E-state index in [4.69, 9.17) is 0 Å². The molecule has 0 radical (unpaired) electrons. The van der Waals surface area contributed by atoms with Crippen molar-refractivity contribution in [2.24, 2.45) is 3.77 Å². The third kappa shape index (κ3) is 4.09. The third-order valence-electron chi connectivity index (χ3n) is 3.95. The SMILES string of the molecule is Cc1ccc([C@H](F)[S@](=O)(=NS(=O)(=O)c2ccccc2)c2ccccc2)cc1. The quantitative estimate of drug-likeness (QED) is 0.610. The minimum Gasteiger partial charge on any atom is -0.240 e. The van der Waals surface area contributed by atoms with Crippen LogP contribution in [0.1, 0.15) is 16.6 Å². The Hall–Kier alpha value is -2.51. The number of hydrogen-bond acceptors (Lipinski definition) is 3. The Labute approximate surface area is 158 Å². The smallest absolute Gasteiger partial charge is 0.240 e. The highest BCUT2D eigenvalue weighted by molar-refractivity contribution is 8.03. The van der Waals surface area contributed by atoms with Gasteiger partial charge in [-0.15, -0.1) is 0 Å². The molecule has 4 nitrogen and oxygen atoms in total. The summed E-state index contributed by atoms with van der Waals surface area (Å²) in [7, 11) is -8.27. The number of halogens is 1. The lowest BCUT2D eigenvalue weighted by molar-refractivity contribution is 0.450. The van der Waals surface area contributed by atoms with Crippen LogP contribution in [-0.4, -0.2) is 12.6 Å². The second-order valence-corrected chi connectivity index (χ2v) is 10.0. The monoisotopic (exact) mass is 403 g/mol. The van der Waals surface area contributed by atoms with Crippen LogP contribution < -0.4 is 0 Å². The average Bonchev–Trinajstić information content (AvgIpc) is 2.69. The molecular formula is C20H18FNO3S2. The number of alkyl halides is 1. The molecule has 0 saturated carbocycles. The molecule has 0 unspecified atom stereocenters. The molecule has 7 heteroatoms. The van der Waals surface area contributed by atoms with Gasteiger partial charge in [0.05, 0.1) is 9.79 Å². The van der Waals surface area contributed by atoms with E-state index in [1.165, 1.54) is 48.5 Å². The van der Waals surface area contributed by atoms with Gasteiger partial charge in [0.1, 0.15) is 9.73 Å². The van der Waals surface area contributed by atoms with E-state index in [0.29, 0.717) is 0 Å². The second-order valence-electron chi connectivity index (χ2n) is 5.97. The second kappa shape index (κ2) is 7.62. The number of sulfonamides is 1. The topological polar surface area (TPSA) is 63.6 Å². The highest BCUT2D eigenvalue weighted by Gasteiger charge is 2.30. The number of benzene rings is 3. The van der Waals surface area contributed by atoms with Gasteiger partial charge in [0.2, 0.25) is 5.50 Å². The van der Waals surface area contributed by atoms with E-state index in [9.17, 15) is 12.6 Å². The van der Waals surface area contributed by atoms with E-state index >= 15 is 4.39 Å². The predicted octanol–water partition coefficient (Wildman–Crippen LogP) is 4.88. The van der Waals surface area contributed by atoms with Gasteiger partial charge in [-0.25, -0.2) is 8.60 Å². The normalized spacial score (nSPS) is 14.9. The van der Waals surface area contributed by atoms with E-state index in [0.717, 1.165) is 5.56 Å². The Balaban J connectivity index is 2.23. The van der Waals surface area contributed by atoms with E-state index in [1.807, 2.05) is 6.92 Å². The van der Waals surface area contributed by atoms with Gasteiger partial charge < -0.3 is 0 Å². The highest BCUT2D eigenvalue weighted by Crippen LogP contribution is 2.34. The van der Waals surface area contributed by atoms with Gasteiger partial charge in [0.25, 0.3) is 10.0 Å². The molecule has 3 aromatic carbocycles. The largest absolute Gasteiger partial charge is 0.290 e. The maximum Gasteiger partial charge on any atom is 0.290 e. The Kier molecular flexibility index (Phi) is 5.43. The maximum absolute atomic E-state index is 15.4. The molecule has 0 aliphatic heterocycles. The van der Waals surface area contributed by atoms with Crippen molar-refractivity contribution in [3.63, 3.8) is 0 Å². The molecule has 0 heterocycles. The van der Waals surface area contributed by atoms with Crippen molar-refractivity contribution in [3.8, 4) is 0 Å². The van der Waals surface area contributed by atoms with Gasteiger partial charge in [0.15, 0.2) is 0 Å². The maximum atomic E-state index is 15.4. The lowest BCUT2D eigenvalue weighted by Gasteiger charge is -2.16.